The minimum Gasteiger partial charge on any atom is -0.319 e. The van der Waals surface area contributed by atoms with E-state index in [4.69, 9.17) is 9.68 Å². The van der Waals surface area contributed by atoms with Gasteiger partial charge in [0.2, 0.25) is 0 Å². The Morgan fingerprint density at radius 2 is 1.45 bits per heavy atom. The maximum Gasteiger partial charge on any atom is 0.331 e. The Morgan fingerprint density at radius 1 is 0.839 bits per heavy atom. The minimum atomic E-state index is -0.503. The average Bonchev–Trinajstić information content (AvgIpc) is 3.04. The summed E-state index contributed by atoms with van der Waals surface area (Å²) in [6, 6.07) is 14.8. The maximum absolute atomic E-state index is 11.4. The fraction of sp³-hybridized carbons (Fsp3) is 0.360. The molecule has 0 saturated carbocycles. The number of hydrogen-bond acceptors (Lipinski definition) is 6. The lowest BCUT2D eigenvalue weighted by molar-refractivity contribution is -0.141. The molecule has 0 fully saturated rings. The third-order valence-electron chi connectivity index (χ3n) is 5.85. The SMILES string of the molecule is CCC1(CC)c2ccccc2-c2ccc(/C(C/C(C)=N/OC(C)=O)=N\OC(C)=O)cc21. The van der Waals surface area contributed by atoms with E-state index in [0.717, 1.165) is 18.4 Å². The highest BCUT2D eigenvalue weighted by atomic mass is 16.7. The first-order chi connectivity index (χ1) is 14.8. The Hall–Kier alpha value is -3.28. The Balaban J connectivity index is 2.08. The summed E-state index contributed by atoms with van der Waals surface area (Å²) in [7, 11) is 0. The summed E-state index contributed by atoms with van der Waals surface area (Å²) >= 11 is 0. The van der Waals surface area contributed by atoms with E-state index in [9.17, 15) is 9.59 Å². The molecular formula is C25H28N2O4. The number of benzene rings is 2. The van der Waals surface area contributed by atoms with Crippen molar-refractivity contribution >= 4 is 23.4 Å². The molecule has 1 aliphatic rings. The van der Waals surface area contributed by atoms with Crippen molar-refractivity contribution in [2.24, 2.45) is 10.3 Å². The van der Waals surface area contributed by atoms with Crippen molar-refractivity contribution in [3.63, 3.8) is 0 Å². The van der Waals surface area contributed by atoms with Crippen LogP contribution >= 0.6 is 0 Å². The van der Waals surface area contributed by atoms with E-state index < -0.39 is 11.9 Å². The summed E-state index contributed by atoms with van der Waals surface area (Å²) in [5.41, 5.74) is 6.94. The van der Waals surface area contributed by atoms with Crippen LogP contribution in [-0.2, 0) is 24.7 Å². The summed E-state index contributed by atoms with van der Waals surface area (Å²) in [6.07, 6.45) is 2.22. The van der Waals surface area contributed by atoms with E-state index in [1.54, 1.807) is 6.92 Å². The third-order valence-corrected chi connectivity index (χ3v) is 5.85. The van der Waals surface area contributed by atoms with Crippen molar-refractivity contribution in [2.75, 3.05) is 0 Å². The summed E-state index contributed by atoms with van der Waals surface area (Å²) in [6.45, 7) is 8.76. The quantitative estimate of drug-likeness (QED) is 0.343. The first-order valence-corrected chi connectivity index (χ1v) is 10.5. The Labute approximate surface area is 182 Å². The molecule has 6 heteroatoms. The van der Waals surface area contributed by atoms with Crippen molar-refractivity contribution < 1.29 is 19.3 Å². The number of fused-ring (bicyclic) bond motifs is 3. The van der Waals surface area contributed by atoms with Gasteiger partial charge < -0.3 is 9.68 Å². The number of rotatable bonds is 7. The van der Waals surface area contributed by atoms with Gasteiger partial charge in [-0.05, 0) is 48.1 Å². The van der Waals surface area contributed by atoms with Crippen LogP contribution in [0.4, 0.5) is 0 Å². The second kappa shape index (κ2) is 9.25. The van der Waals surface area contributed by atoms with Crippen LogP contribution in [-0.4, -0.2) is 23.4 Å². The fourth-order valence-electron chi connectivity index (χ4n) is 4.37. The molecule has 0 spiro atoms. The molecular weight excluding hydrogens is 392 g/mol. The minimum absolute atomic E-state index is 0.0741. The standard InChI is InChI=1S/C25H28N2O4/c1-6-25(7-2)22-11-9-8-10-20(22)21-13-12-19(15-23(21)25)24(27-31-18(5)29)14-16(3)26-30-17(4)28/h8-13,15H,6-7,14H2,1-5H3/b26-16+,27-24-. The van der Waals surface area contributed by atoms with Crippen LogP contribution in [0, 0.1) is 0 Å². The van der Waals surface area contributed by atoms with Crippen LogP contribution in [0.5, 0.6) is 0 Å². The highest BCUT2D eigenvalue weighted by Crippen LogP contribution is 2.52. The highest BCUT2D eigenvalue weighted by molar-refractivity contribution is 6.12. The second-order valence-corrected chi connectivity index (χ2v) is 7.80. The molecule has 3 rings (SSSR count). The highest BCUT2D eigenvalue weighted by Gasteiger charge is 2.40. The summed E-state index contributed by atoms with van der Waals surface area (Å²) in [5, 5.41) is 7.91. The summed E-state index contributed by atoms with van der Waals surface area (Å²) in [4.78, 5) is 32.1. The lowest BCUT2D eigenvalue weighted by Gasteiger charge is -2.30. The molecule has 0 atom stereocenters. The molecule has 1 aliphatic carbocycles. The number of hydrogen-bond donors (Lipinski definition) is 0. The van der Waals surface area contributed by atoms with Gasteiger partial charge in [-0.2, -0.15) is 0 Å². The lowest BCUT2D eigenvalue weighted by atomic mass is 9.73. The number of oxime groups is 2. The Kier molecular flexibility index (Phi) is 6.68. The average molecular weight is 421 g/mol. The van der Waals surface area contributed by atoms with E-state index in [1.807, 2.05) is 6.07 Å². The molecule has 0 unspecified atom stereocenters. The van der Waals surface area contributed by atoms with Crippen molar-refractivity contribution in [1.29, 1.82) is 0 Å². The molecule has 31 heavy (non-hydrogen) atoms. The van der Waals surface area contributed by atoms with Gasteiger partial charge in [-0.25, -0.2) is 9.59 Å². The molecule has 0 heterocycles. The zero-order valence-corrected chi connectivity index (χ0v) is 18.7. The van der Waals surface area contributed by atoms with E-state index >= 15 is 0 Å². The van der Waals surface area contributed by atoms with Gasteiger partial charge in [0.05, 0.1) is 11.4 Å². The van der Waals surface area contributed by atoms with Gasteiger partial charge in [0.1, 0.15) is 0 Å². The molecule has 2 aromatic carbocycles. The molecule has 0 radical (unpaired) electrons. The Bertz CT molecular complexity index is 1060. The molecule has 0 N–H and O–H groups in total. The van der Waals surface area contributed by atoms with Crippen molar-refractivity contribution in [2.45, 2.75) is 59.3 Å². The molecule has 0 amide bonds. The van der Waals surface area contributed by atoms with Gasteiger partial charge in [-0.1, -0.05) is 60.6 Å². The normalized spacial score (nSPS) is 14.6. The van der Waals surface area contributed by atoms with Crippen LogP contribution in [0.15, 0.2) is 52.8 Å². The fourth-order valence-corrected chi connectivity index (χ4v) is 4.37. The maximum atomic E-state index is 11.4. The molecule has 0 aliphatic heterocycles. The van der Waals surface area contributed by atoms with E-state index in [-0.39, 0.29) is 11.8 Å². The number of carbonyl (C=O) groups is 2. The van der Waals surface area contributed by atoms with Crippen LogP contribution in [0.2, 0.25) is 0 Å². The smallest absolute Gasteiger partial charge is 0.319 e. The first-order valence-electron chi connectivity index (χ1n) is 10.5. The summed E-state index contributed by atoms with van der Waals surface area (Å²) < 4.78 is 0. The molecule has 162 valence electrons. The van der Waals surface area contributed by atoms with E-state index in [1.165, 1.54) is 36.1 Å². The van der Waals surface area contributed by atoms with Crippen molar-refractivity contribution in [3.8, 4) is 11.1 Å². The Morgan fingerprint density at radius 3 is 2.10 bits per heavy atom. The molecule has 0 aromatic heterocycles. The van der Waals surface area contributed by atoms with Crippen LogP contribution in [0.1, 0.15) is 70.6 Å². The van der Waals surface area contributed by atoms with E-state index in [0.29, 0.717) is 11.4 Å². The third kappa shape index (κ3) is 4.43. The number of nitrogens with zero attached hydrogens (tertiary/aromatic N) is 2. The molecule has 0 bridgehead atoms. The van der Waals surface area contributed by atoms with Gasteiger partial charge in [0.25, 0.3) is 0 Å². The second-order valence-electron chi connectivity index (χ2n) is 7.80. The van der Waals surface area contributed by atoms with Gasteiger partial charge in [0.15, 0.2) is 0 Å². The lowest BCUT2D eigenvalue weighted by Crippen LogP contribution is -2.23. The zero-order valence-electron chi connectivity index (χ0n) is 18.7. The van der Waals surface area contributed by atoms with Gasteiger partial charge in [0, 0.05) is 31.2 Å². The first kappa shape index (κ1) is 22.4. The van der Waals surface area contributed by atoms with Crippen LogP contribution in [0.25, 0.3) is 11.1 Å². The van der Waals surface area contributed by atoms with Gasteiger partial charge >= 0.3 is 11.9 Å². The van der Waals surface area contributed by atoms with Crippen LogP contribution < -0.4 is 0 Å². The van der Waals surface area contributed by atoms with Crippen molar-refractivity contribution in [3.05, 3.63) is 59.2 Å². The summed E-state index contributed by atoms with van der Waals surface area (Å²) in [5.74, 6) is -0.999. The van der Waals surface area contributed by atoms with Gasteiger partial charge in [-0.3, -0.25) is 0 Å². The predicted molar refractivity (Wildman–Crippen MR) is 121 cm³/mol. The van der Waals surface area contributed by atoms with Gasteiger partial charge in [-0.15, -0.1) is 0 Å². The molecule has 2 aromatic rings. The zero-order chi connectivity index (χ0) is 22.6. The predicted octanol–water partition coefficient (Wildman–Crippen LogP) is 5.37. The largest absolute Gasteiger partial charge is 0.331 e. The molecule has 0 saturated heterocycles. The molecule has 6 nitrogen and oxygen atoms in total. The van der Waals surface area contributed by atoms with E-state index in [2.05, 4.69) is 60.6 Å². The monoisotopic (exact) mass is 420 g/mol. The van der Waals surface area contributed by atoms with Crippen LogP contribution in [0.3, 0.4) is 0 Å². The van der Waals surface area contributed by atoms with Crippen molar-refractivity contribution in [1.82, 2.24) is 0 Å². The number of carbonyl (C=O) groups excluding carboxylic acids is 2. The topological polar surface area (TPSA) is 77.3 Å².